The quantitative estimate of drug-likeness (QED) is 0.686. The Kier molecular flexibility index (Phi) is 6.69. The van der Waals surface area contributed by atoms with Crippen molar-refractivity contribution >= 4 is 12.0 Å². The lowest BCUT2D eigenvalue weighted by atomic mass is 10.1. The van der Waals surface area contributed by atoms with Gasteiger partial charge in [0.1, 0.15) is 6.04 Å². The molecular weight excluding hydrogens is 256 g/mol. The number of aliphatic carboxylic acids is 1. The molecule has 0 aliphatic heterocycles. The van der Waals surface area contributed by atoms with Gasteiger partial charge in [0.05, 0.1) is 6.54 Å². The van der Waals surface area contributed by atoms with Gasteiger partial charge in [0.15, 0.2) is 0 Å². The molecule has 1 aromatic carbocycles. The normalized spacial score (nSPS) is 10.8. The van der Waals surface area contributed by atoms with Gasteiger partial charge in [0, 0.05) is 0 Å². The SMILES string of the molecule is CC#CCNC(=O)N[C@@H](CCc1ccccc1)C(=O)O. The lowest BCUT2D eigenvalue weighted by Gasteiger charge is -2.14. The summed E-state index contributed by atoms with van der Waals surface area (Å²) in [6.07, 6.45) is 0.930. The summed E-state index contributed by atoms with van der Waals surface area (Å²) in [6, 6.07) is 8.12. The number of rotatable bonds is 6. The van der Waals surface area contributed by atoms with Crippen molar-refractivity contribution in [2.75, 3.05) is 6.54 Å². The molecule has 1 atom stereocenters. The van der Waals surface area contributed by atoms with Crippen LogP contribution in [0.4, 0.5) is 4.79 Å². The van der Waals surface area contributed by atoms with Gasteiger partial charge in [-0.05, 0) is 25.3 Å². The van der Waals surface area contributed by atoms with Crippen molar-refractivity contribution in [2.45, 2.75) is 25.8 Å². The molecule has 0 saturated carbocycles. The van der Waals surface area contributed by atoms with E-state index in [2.05, 4.69) is 22.5 Å². The Morgan fingerprint density at radius 3 is 2.60 bits per heavy atom. The fourth-order valence-electron chi connectivity index (χ4n) is 1.64. The molecule has 0 aromatic heterocycles. The highest BCUT2D eigenvalue weighted by atomic mass is 16.4. The van der Waals surface area contributed by atoms with Crippen LogP contribution in [-0.4, -0.2) is 29.7 Å². The molecule has 0 aliphatic rings. The molecule has 0 saturated heterocycles. The van der Waals surface area contributed by atoms with Crippen LogP contribution in [-0.2, 0) is 11.2 Å². The average Bonchev–Trinajstić information content (AvgIpc) is 2.44. The van der Waals surface area contributed by atoms with Crippen LogP contribution in [0.5, 0.6) is 0 Å². The van der Waals surface area contributed by atoms with E-state index in [1.54, 1.807) is 6.92 Å². The number of aryl methyl sites for hydroxylation is 1. The third-order valence-electron chi connectivity index (χ3n) is 2.68. The van der Waals surface area contributed by atoms with Crippen LogP contribution in [0, 0.1) is 11.8 Å². The maximum Gasteiger partial charge on any atom is 0.326 e. The minimum atomic E-state index is -1.04. The molecule has 106 valence electrons. The number of hydrogen-bond acceptors (Lipinski definition) is 2. The third-order valence-corrected chi connectivity index (χ3v) is 2.68. The second kappa shape index (κ2) is 8.59. The zero-order chi connectivity index (χ0) is 14.8. The molecule has 0 fully saturated rings. The number of amides is 2. The Morgan fingerprint density at radius 1 is 1.30 bits per heavy atom. The first-order valence-electron chi connectivity index (χ1n) is 6.34. The molecule has 0 bridgehead atoms. The zero-order valence-corrected chi connectivity index (χ0v) is 11.3. The van der Waals surface area contributed by atoms with Crippen LogP contribution in [0.1, 0.15) is 18.9 Å². The Bertz CT molecular complexity index is 503. The molecule has 20 heavy (non-hydrogen) atoms. The number of benzene rings is 1. The molecular formula is C15H18N2O3. The van der Waals surface area contributed by atoms with Crippen molar-refractivity contribution in [3.05, 3.63) is 35.9 Å². The first kappa shape index (κ1) is 15.6. The monoisotopic (exact) mass is 274 g/mol. The highest BCUT2D eigenvalue weighted by molar-refractivity contribution is 5.82. The standard InChI is InChI=1S/C15H18N2O3/c1-2-3-11-16-15(20)17-13(14(18)19)10-9-12-7-5-4-6-8-12/h4-8,13H,9-11H2,1H3,(H,18,19)(H2,16,17,20)/t13-/m0/s1. The molecule has 0 heterocycles. The van der Waals surface area contributed by atoms with Gasteiger partial charge in [0.2, 0.25) is 0 Å². The number of hydrogen-bond donors (Lipinski definition) is 3. The lowest BCUT2D eigenvalue weighted by Crippen LogP contribution is -2.46. The highest BCUT2D eigenvalue weighted by Gasteiger charge is 2.19. The number of carbonyl (C=O) groups is 2. The topological polar surface area (TPSA) is 78.4 Å². The smallest absolute Gasteiger partial charge is 0.326 e. The second-order valence-corrected chi connectivity index (χ2v) is 4.17. The van der Waals surface area contributed by atoms with E-state index in [4.69, 9.17) is 5.11 Å². The van der Waals surface area contributed by atoms with E-state index in [-0.39, 0.29) is 6.54 Å². The number of carboxylic acid groups (broad SMARTS) is 1. The van der Waals surface area contributed by atoms with Crippen molar-refractivity contribution in [1.29, 1.82) is 0 Å². The molecule has 1 aromatic rings. The van der Waals surface area contributed by atoms with E-state index in [0.717, 1.165) is 5.56 Å². The van der Waals surface area contributed by atoms with Crippen molar-refractivity contribution < 1.29 is 14.7 Å². The van der Waals surface area contributed by atoms with Gasteiger partial charge in [-0.3, -0.25) is 0 Å². The molecule has 5 nitrogen and oxygen atoms in total. The van der Waals surface area contributed by atoms with Gasteiger partial charge in [-0.25, -0.2) is 9.59 Å². The van der Waals surface area contributed by atoms with Gasteiger partial charge in [-0.1, -0.05) is 36.3 Å². The minimum Gasteiger partial charge on any atom is -0.480 e. The van der Waals surface area contributed by atoms with E-state index in [1.807, 2.05) is 30.3 Å². The number of nitrogens with one attached hydrogen (secondary N) is 2. The molecule has 5 heteroatoms. The van der Waals surface area contributed by atoms with Crippen molar-refractivity contribution in [1.82, 2.24) is 10.6 Å². The van der Waals surface area contributed by atoms with Crippen LogP contribution in [0.3, 0.4) is 0 Å². The van der Waals surface area contributed by atoms with Crippen LogP contribution >= 0.6 is 0 Å². The van der Waals surface area contributed by atoms with Crippen molar-refractivity contribution in [2.24, 2.45) is 0 Å². The van der Waals surface area contributed by atoms with Crippen LogP contribution < -0.4 is 10.6 Å². The van der Waals surface area contributed by atoms with Gasteiger partial charge in [-0.15, -0.1) is 5.92 Å². The van der Waals surface area contributed by atoms with E-state index >= 15 is 0 Å². The van der Waals surface area contributed by atoms with Crippen LogP contribution in [0.25, 0.3) is 0 Å². The fourth-order valence-corrected chi connectivity index (χ4v) is 1.64. The Morgan fingerprint density at radius 2 is 2.00 bits per heavy atom. The third kappa shape index (κ3) is 5.91. The summed E-state index contributed by atoms with van der Waals surface area (Å²) >= 11 is 0. The Labute approximate surface area is 118 Å². The van der Waals surface area contributed by atoms with Crippen LogP contribution in [0.15, 0.2) is 30.3 Å². The summed E-state index contributed by atoms with van der Waals surface area (Å²) in [5.74, 6) is 4.26. The predicted octanol–water partition coefficient (Wildman–Crippen LogP) is 1.39. The second-order valence-electron chi connectivity index (χ2n) is 4.17. The zero-order valence-electron chi connectivity index (χ0n) is 11.3. The molecule has 2 amide bonds. The average molecular weight is 274 g/mol. The van der Waals surface area contributed by atoms with Crippen LogP contribution in [0.2, 0.25) is 0 Å². The first-order chi connectivity index (χ1) is 9.63. The number of carbonyl (C=O) groups excluding carboxylic acids is 1. The van der Waals surface area contributed by atoms with Crippen molar-refractivity contribution in [3.8, 4) is 11.8 Å². The highest BCUT2D eigenvalue weighted by Crippen LogP contribution is 2.05. The minimum absolute atomic E-state index is 0.202. The number of carboxylic acids is 1. The summed E-state index contributed by atoms with van der Waals surface area (Å²) in [6.45, 7) is 1.87. The molecule has 0 aliphatic carbocycles. The van der Waals surface area contributed by atoms with Gasteiger partial charge >= 0.3 is 12.0 Å². The molecule has 3 N–H and O–H groups in total. The van der Waals surface area contributed by atoms with Gasteiger partial charge in [-0.2, -0.15) is 0 Å². The fraction of sp³-hybridized carbons (Fsp3) is 0.333. The lowest BCUT2D eigenvalue weighted by molar-refractivity contribution is -0.139. The maximum absolute atomic E-state index is 11.5. The first-order valence-corrected chi connectivity index (χ1v) is 6.34. The summed E-state index contributed by atoms with van der Waals surface area (Å²) in [5.41, 5.74) is 1.04. The van der Waals surface area contributed by atoms with E-state index in [9.17, 15) is 9.59 Å². The van der Waals surface area contributed by atoms with Gasteiger partial charge < -0.3 is 15.7 Å². The molecule has 0 radical (unpaired) electrons. The van der Waals surface area contributed by atoms with Gasteiger partial charge in [0.25, 0.3) is 0 Å². The van der Waals surface area contributed by atoms with Crippen molar-refractivity contribution in [3.63, 3.8) is 0 Å². The summed E-state index contributed by atoms with van der Waals surface area (Å²) in [5, 5.41) is 14.0. The van der Waals surface area contributed by atoms with E-state index < -0.39 is 18.0 Å². The predicted molar refractivity (Wildman–Crippen MR) is 76.2 cm³/mol. The van der Waals surface area contributed by atoms with E-state index in [1.165, 1.54) is 0 Å². The maximum atomic E-state index is 11.5. The molecule has 1 rings (SSSR count). The number of urea groups is 1. The Hall–Kier alpha value is -2.48. The molecule has 0 spiro atoms. The van der Waals surface area contributed by atoms with E-state index in [0.29, 0.717) is 12.8 Å². The summed E-state index contributed by atoms with van der Waals surface area (Å²) < 4.78 is 0. The molecule has 0 unspecified atom stereocenters. The Balaban J connectivity index is 2.45. The largest absolute Gasteiger partial charge is 0.480 e. The summed E-state index contributed by atoms with van der Waals surface area (Å²) in [4.78, 5) is 22.6. The summed E-state index contributed by atoms with van der Waals surface area (Å²) in [7, 11) is 0.